The lowest BCUT2D eigenvalue weighted by Crippen LogP contribution is -2.42. The molecular weight excluding hydrogens is 464 g/mol. The van der Waals surface area contributed by atoms with E-state index >= 15 is 0 Å². The maximum atomic E-state index is 13.4. The van der Waals surface area contributed by atoms with Gasteiger partial charge < -0.3 is 20.3 Å². The van der Waals surface area contributed by atoms with Crippen molar-refractivity contribution in [2.75, 3.05) is 13.6 Å². The molecule has 0 spiro atoms. The molecule has 0 unspecified atom stereocenters. The standard InChI is InChI=1S/C30H38N4O3/c1-21-8-6-7-11-25(21)27-16-23(19-34(2)15-14-22-9-4-3-5-10-22)12-13-26(27)29(35)33-28(30(36)37)17-24-18-31-20-32-24/h6-8,11-13,16,18,20,22,28H,3-5,9-10,14-15,17,19H2,1-2H3,(H,31,32)(H,33,35)(H,36,37)/t28-/m0/s1. The molecule has 4 rings (SSSR count). The van der Waals surface area contributed by atoms with Crippen molar-refractivity contribution in [1.82, 2.24) is 20.2 Å². The second-order valence-corrected chi connectivity index (χ2v) is 10.4. The van der Waals surface area contributed by atoms with Gasteiger partial charge in [-0.2, -0.15) is 0 Å². The Labute approximate surface area is 219 Å². The Bertz CT molecular complexity index is 1190. The highest BCUT2D eigenvalue weighted by Crippen LogP contribution is 2.29. The molecule has 0 bridgehead atoms. The van der Waals surface area contributed by atoms with Crippen molar-refractivity contribution < 1.29 is 14.7 Å². The molecule has 0 aliphatic heterocycles. The third-order valence-corrected chi connectivity index (χ3v) is 7.43. The van der Waals surface area contributed by atoms with Crippen LogP contribution in [0.5, 0.6) is 0 Å². The molecule has 3 N–H and O–H groups in total. The Hall–Kier alpha value is -3.45. The molecule has 37 heavy (non-hydrogen) atoms. The number of hydrogen-bond acceptors (Lipinski definition) is 4. The topological polar surface area (TPSA) is 98.3 Å². The summed E-state index contributed by atoms with van der Waals surface area (Å²) in [6.45, 7) is 3.88. The second-order valence-electron chi connectivity index (χ2n) is 10.4. The molecule has 196 valence electrons. The average Bonchev–Trinajstić information content (AvgIpc) is 3.41. The molecule has 1 aliphatic carbocycles. The third kappa shape index (κ3) is 7.29. The number of carboxylic acid groups (broad SMARTS) is 1. The lowest BCUT2D eigenvalue weighted by atomic mass is 9.87. The SMILES string of the molecule is Cc1ccccc1-c1cc(CN(C)CCC2CCCCC2)ccc1C(=O)N[C@@H](Cc1c[nH]cn1)C(=O)O. The second kappa shape index (κ2) is 12.7. The van der Waals surface area contributed by atoms with Crippen molar-refractivity contribution in [3.63, 3.8) is 0 Å². The highest BCUT2D eigenvalue weighted by Gasteiger charge is 2.24. The van der Waals surface area contributed by atoms with E-state index in [9.17, 15) is 14.7 Å². The molecule has 7 heteroatoms. The quantitative estimate of drug-likeness (QED) is 0.334. The number of carbonyl (C=O) groups excluding carboxylic acids is 1. The lowest BCUT2D eigenvalue weighted by Gasteiger charge is -2.25. The van der Waals surface area contributed by atoms with Crippen LogP contribution in [0.1, 0.15) is 65.7 Å². The number of aromatic amines is 1. The largest absolute Gasteiger partial charge is 0.480 e. The van der Waals surface area contributed by atoms with Crippen molar-refractivity contribution in [3.05, 3.63) is 77.4 Å². The smallest absolute Gasteiger partial charge is 0.326 e. The Kier molecular flexibility index (Phi) is 9.12. The molecule has 1 heterocycles. The maximum absolute atomic E-state index is 13.4. The van der Waals surface area contributed by atoms with Crippen molar-refractivity contribution in [2.24, 2.45) is 5.92 Å². The van der Waals surface area contributed by atoms with E-state index in [4.69, 9.17) is 0 Å². The summed E-state index contributed by atoms with van der Waals surface area (Å²) >= 11 is 0. The molecule has 1 saturated carbocycles. The van der Waals surface area contributed by atoms with Crippen LogP contribution in [0.15, 0.2) is 55.0 Å². The third-order valence-electron chi connectivity index (χ3n) is 7.43. The number of carbonyl (C=O) groups is 2. The van der Waals surface area contributed by atoms with Crippen molar-refractivity contribution in [3.8, 4) is 11.1 Å². The first-order chi connectivity index (χ1) is 17.9. The highest BCUT2D eigenvalue weighted by molar-refractivity contribution is 6.02. The summed E-state index contributed by atoms with van der Waals surface area (Å²) in [6, 6.07) is 12.8. The van der Waals surface area contributed by atoms with Crippen LogP contribution in [0.3, 0.4) is 0 Å². The van der Waals surface area contributed by atoms with Crippen LogP contribution in [-0.4, -0.2) is 51.5 Å². The van der Waals surface area contributed by atoms with Crippen LogP contribution in [0.25, 0.3) is 11.1 Å². The number of benzene rings is 2. The maximum Gasteiger partial charge on any atom is 0.326 e. The molecule has 3 aromatic rings. The number of aromatic nitrogens is 2. The minimum atomic E-state index is -1.09. The van der Waals surface area contributed by atoms with Crippen LogP contribution in [0, 0.1) is 12.8 Å². The molecule has 2 aromatic carbocycles. The first kappa shape index (κ1) is 26.6. The number of imidazole rings is 1. The monoisotopic (exact) mass is 502 g/mol. The predicted octanol–water partition coefficient (Wildman–Crippen LogP) is 5.21. The van der Waals surface area contributed by atoms with Gasteiger partial charge >= 0.3 is 5.97 Å². The summed E-state index contributed by atoms with van der Waals surface area (Å²) in [6.07, 6.45) is 11.3. The number of nitrogens with zero attached hydrogens (tertiary/aromatic N) is 2. The Morgan fingerprint density at radius 3 is 2.62 bits per heavy atom. The van der Waals surface area contributed by atoms with Crippen molar-refractivity contribution >= 4 is 11.9 Å². The van der Waals surface area contributed by atoms with Crippen LogP contribution >= 0.6 is 0 Å². The zero-order valence-corrected chi connectivity index (χ0v) is 21.9. The number of H-pyrrole nitrogens is 1. The minimum Gasteiger partial charge on any atom is -0.480 e. The fraction of sp³-hybridized carbons (Fsp3) is 0.433. The number of carboxylic acids is 1. The molecule has 1 fully saturated rings. The van der Waals surface area contributed by atoms with Gasteiger partial charge in [-0.05, 0) is 67.2 Å². The molecule has 0 radical (unpaired) electrons. The van der Waals surface area contributed by atoms with E-state index in [1.807, 2.05) is 43.3 Å². The van der Waals surface area contributed by atoms with Gasteiger partial charge in [-0.3, -0.25) is 4.79 Å². The molecule has 7 nitrogen and oxygen atoms in total. The zero-order chi connectivity index (χ0) is 26.2. The number of amides is 1. The number of nitrogens with one attached hydrogen (secondary N) is 2. The van der Waals surface area contributed by atoms with Gasteiger partial charge in [0.1, 0.15) is 6.04 Å². The van der Waals surface area contributed by atoms with Gasteiger partial charge in [0, 0.05) is 24.7 Å². The van der Waals surface area contributed by atoms with E-state index in [0.29, 0.717) is 11.3 Å². The van der Waals surface area contributed by atoms with E-state index < -0.39 is 17.9 Å². The van der Waals surface area contributed by atoms with Gasteiger partial charge in [-0.1, -0.05) is 62.4 Å². The summed E-state index contributed by atoms with van der Waals surface area (Å²) in [4.78, 5) is 34.6. The van der Waals surface area contributed by atoms with Gasteiger partial charge in [0.05, 0.1) is 12.0 Å². The molecule has 0 saturated heterocycles. The van der Waals surface area contributed by atoms with Crippen LogP contribution in [0.2, 0.25) is 0 Å². The van der Waals surface area contributed by atoms with Crippen molar-refractivity contribution in [2.45, 2.75) is 64.5 Å². The molecule has 1 amide bonds. The lowest BCUT2D eigenvalue weighted by molar-refractivity contribution is -0.139. The average molecular weight is 503 g/mol. The molecule has 1 aromatic heterocycles. The highest BCUT2D eigenvalue weighted by atomic mass is 16.4. The zero-order valence-electron chi connectivity index (χ0n) is 21.9. The van der Waals surface area contributed by atoms with Gasteiger partial charge in [-0.15, -0.1) is 0 Å². The summed E-state index contributed by atoms with van der Waals surface area (Å²) in [5.74, 6) is -0.656. The Balaban J connectivity index is 1.53. The first-order valence-corrected chi connectivity index (χ1v) is 13.3. The van der Waals surface area contributed by atoms with Gasteiger partial charge in [0.25, 0.3) is 5.91 Å². The van der Waals surface area contributed by atoms with Crippen LogP contribution in [0.4, 0.5) is 0 Å². The van der Waals surface area contributed by atoms with E-state index in [1.165, 1.54) is 44.9 Å². The molecule has 1 aliphatic rings. The van der Waals surface area contributed by atoms with Gasteiger partial charge in [-0.25, -0.2) is 9.78 Å². The van der Waals surface area contributed by atoms with E-state index in [2.05, 4.69) is 33.3 Å². The summed E-state index contributed by atoms with van der Waals surface area (Å²) in [5.41, 5.74) is 5.03. The first-order valence-electron chi connectivity index (χ1n) is 13.3. The van der Waals surface area contributed by atoms with Crippen molar-refractivity contribution in [1.29, 1.82) is 0 Å². The summed E-state index contributed by atoms with van der Waals surface area (Å²) in [7, 11) is 2.16. The number of hydrogen-bond donors (Lipinski definition) is 3. The Morgan fingerprint density at radius 1 is 1.14 bits per heavy atom. The fourth-order valence-electron chi connectivity index (χ4n) is 5.30. The number of aliphatic carboxylic acids is 1. The van der Waals surface area contributed by atoms with Crippen LogP contribution in [-0.2, 0) is 17.8 Å². The van der Waals surface area contributed by atoms with Crippen LogP contribution < -0.4 is 5.32 Å². The Morgan fingerprint density at radius 2 is 1.92 bits per heavy atom. The number of rotatable bonds is 11. The normalized spacial score (nSPS) is 15.0. The summed E-state index contributed by atoms with van der Waals surface area (Å²) < 4.78 is 0. The molecular formula is C30H38N4O3. The predicted molar refractivity (Wildman–Crippen MR) is 145 cm³/mol. The van der Waals surface area contributed by atoms with Gasteiger partial charge in [0.15, 0.2) is 0 Å². The van der Waals surface area contributed by atoms with E-state index in [-0.39, 0.29) is 6.42 Å². The minimum absolute atomic E-state index is 0.105. The van der Waals surface area contributed by atoms with Gasteiger partial charge in [0.2, 0.25) is 0 Å². The summed E-state index contributed by atoms with van der Waals surface area (Å²) in [5, 5.41) is 12.4. The number of aryl methyl sites for hydroxylation is 1. The molecule has 1 atom stereocenters. The fourth-order valence-corrected chi connectivity index (χ4v) is 5.30. The van der Waals surface area contributed by atoms with E-state index in [0.717, 1.165) is 41.3 Å². The van der Waals surface area contributed by atoms with E-state index in [1.54, 1.807) is 6.20 Å².